The van der Waals surface area contributed by atoms with E-state index < -0.39 is 0 Å². The van der Waals surface area contributed by atoms with E-state index >= 15 is 0 Å². The van der Waals surface area contributed by atoms with Crippen molar-refractivity contribution in [2.75, 3.05) is 7.05 Å². The van der Waals surface area contributed by atoms with Crippen LogP contribution in [0.4, 0.5) is 0 Å². The number of nitrogens with zero attached hydrogens (tertiary/aromatic N) is 1. The van der Waals surface area contributed by atoms with Gasteiger partial charge in [-0.2, -0.15) is 0 Å². The van der Waals surface area contributed by atoms with Crippen molar-refractivity contribution in [3.63, 3.8) is 0 Å². The van der Waals surface area contributed by atoms with Gasteiger partial charge >= 0.3 is 0 Å². The Morgan fingerprint density at radius 1 is 1.11 bits per heavy atom. The minimum absolute atomic E-state index is 0.693. The van der Waals surface area contributed by atoms with Crippen molar-refractivity contribution < 1.29 is 0 Å². The molecule has 0 amide bonds. The highest BCUT2D eigenvalue weighted by atomic mass is 15.3. The molecular formula is C16H32N2. The summed E-state index contributed by atoms with van der Waals surface area (Å²) in [5.74, 6) is 1.72. The first-order valence-corrected chi connectivity index (χ1v) is 8.03. The van der Waals surface area contributed by atoms with E-state index in [1.54, 1.807) is 0 Å². The predicted molar refractivity (Wildman–Crippen MR) is 78.8 cm³/mol. The number of rotatable bonds is 3. The van der Waals surface area contributed by atoms with Crippen LogP contribution in [-0.4, -0.2) is 36.1 Å². The van der Waals surface area contributed by atoms with Gasteiger partial charge in [-0.1, -0.05) is 20.8 Å². The lowest BCUT2D eigenvalue weighted by molar-refractivity contribution is 0.0308. The second-order valence-corrected chi connectivity index (χ2v) is 6.88. The molecule has 6 atom stereocenters. The van der Waals surface area contributed by atoms with E-state index in [1.165, 1.54) is 32.1 Å². The molecule has 1 heterocycles. The van der Waals surface area contributed by atoms with Crippen LogP contribution in [0.1, 0.15) is 59.8 Å². The lowest BCUT2D eigenvalue weighted by Gasteiger charge is -2.48. The summed E-state index contributed by atoms with van der Waals surface area (Å²) in [6.07, 6.45) is 6.88. The number of hydrogen-bond donors (Lipinski definition) is 1. The van der Waals surface area contributed by atoms with Gasteiger partial charge in [0.25, 0.3) is 0 Å². The zero-order valence-corrected chi connectivity index (χ0v) is 12.9. The van der Waals surface area contributed by atoms with Crippen molar-refractivity contribution in [3.05, 3.63) is 0 Å². The number of hydrogen-bond acceptors (Lipinski definition) is 2. The molecule has 0 aromatic carbocycles. The van der Waals surface area contributed by atoms with Crippen LogP contribution < -0.4 is 5.32 Å². The van der Waals surface area contributed by atoms with Crippen molar-refractivity contribution in [3.8, 4) is 0 Å². The van der Waals surface area contributed by atoms with Gasteiger partial charge in [-0.15, -0.1) is 0 Å². The standard InChI is InChI=1S/C16H32N2/c1-6-14-8-7-13(4)18(14)16-12(3)9-11(2)10-15(16)17-5/h11-17H,6-10H2,1-5H3. The molecule has 2 nitrogen and oxygen atoms in total. The van der Waals surface area contributed by atoms with Crippen LogP contribution in [0, 0.1) is 11.8 Å². The van der Waals surface area contributed by atoms with Crippen molar-refractivity contribution in [2.45, 2.75) is 84.0 Å². The van der Waals surface area contributed by atoms with Gasteiger partial charge in [0, 0.05) is 24.2 Å². The van der Waals surface area contributed by atoms with Crippen LogP contribution in [0.2, 0.25) is 0 Å². The van der Waals surface area contributed by atoms with E-state index in [-0.39, 0.29) is 0 Å². The molecule has 2 fully saturated rings. The third-order valence-corrected chi connectivity index (χ3v) is 5.46. The Morgan fingerprint density at radius 3 is 2.44 bits per heavy atom. The molecule has 1 N–H and O–H groups in total. The predicted octanol–water partition coefficient (Wildman–Crippen LogP) is 3.27. The number of likely N-dealkylation sites (tertiary alicyclic amines) is 1. The van der Waals surface area contributed by atoms with Crippen molar-refractivity contribution in [1.29, 1.82) is 0 Å². The maximum absolute atomic E-state index is 3.62. The SMILES string of the molecule is CCC1CCC(C)N1C1C(C)CC(C)CC1NC. The van der Waals surface area contributed by atoms with Gasteiger partial charge in [0.1, 0.15) is 0 Å². The minimum atomic E-state index is 0.693. The van der Waals surface area contributed by atoms with Gasteiger partial charge in [0.15, 0.2) is 0 Å². The Hall–Kier alpha value is -0.0800. The Bertz CT molecular complexity index is 266. The molecule has 1 aliphatic heterocycles. The quantitative estimate of drug-likeness (QED) is 0.829. The molecule has 6 unspecified atom stereocenters. The molecule has 1 saturated heterocycles. The van der Waals surface area contributed by atoms with Gasteiger partial charge in [-0.3, -0.25) is 4.90 Å². The summed E-state index contributed by atoms with van der Waals surface area (Å²) in [7, 11) is 2.16. The normalized spacial score (nSPS) is 46.5. The first-order chi connectivity index (χ1) is 8.58. The van der Waals surface area contributed by atoms with Crippen LogP contribution in [0.5, 0.6) is 0 Å². The van der Waals surface area contributed by atoms with E-state index in [9.17, 15) is 0 Å². The summed E-state index contributed by atoms with van der Waals surface area (Å²) < 4.78 is 0. The van der Waals surface area contributed by atoms with E-state index in [0.717, 1.165) is 30.0 Å². The van der Waals surface area contributed by atoms with Gasteiger partial charge in [0.05, 0.1) is 0 Å². The van der Waals surface area contributed by atoms with Crippen LogP contribution in [-0.2, 0) is 0 Å². The Labute approximate surface area is 114 Å². The summed E-state index contributed by atoms with van der Waals surface area (Å²) in [5, 5.41) is 3.62. The first-order valence-electron chi connectivity index (χ1n) is 8.03. The van der Waals surface area contributed by atoms with E-state index in [4.69, 9.17) is 0 Å². The molecule has 0 aromatic heterocycles. The Balaban J connectivity index is 2.17. The maximum Gasteiger partial charge on any atom is 0.0280 e. The average molecular weight is 252 g/mol. The highest BCUT2D eigenvalue weighted by molar-refractivity contribution is 4.99. The molecule has 2 heteroatoms. The Morgan fingerprint density at radius 2 is 1.83 bits per heavy atom. The smallest absolute Gasteiger partial charge is 0.0280 e. The first kappa shape index (κ1) is 14.3. The van der Waals surface area contributed by atoms with E-state index in [0.29, 0.717) is 6.04 Å². The monoisotopic (exact) mass is 252 g/mol. The van der Waals surface area contributed by atoms with Gasteiger partial charge in [0.2, 0.25) is 0 Å². The lowest BCUT2D eigenvalue weighted by atomic mass is 9.75. The molecular weight excluding hydrogens is 220 g/mol. The molecule has 0 spiro atoms. The fraction of sp³-hybridized carbons (Fsp3) is 1.00. The molecule has 2 rings (SSSR count). The maximum atomic E-state index is 3.62. The lowest BCUT2D eigenvalue weighted by Crippen LogP contribution is -2.58. The Kier molecular flexibility index (Phi) is 4.71. The van der Waals surface area contributed by atoms with Gasteiger partial charge < -0.3 is 5.32 Å². The molecule has 18 heavy (non-hydrogen) atoms. The third-order valence-electron chi connectivity index (χ3n) is 5.46. The van der Waals surface area contributed by atoms with Gasteiger partial charge in [-0.25, -0.2) is 0 Å². The highest BCUT2D eigenvalue weighted by Crippen LogP contribution is 2.38. The van der Waals surface area contributed by atoms with Gasteiger partial charge in [-0.05, 0) is 57.9 Å². The number of likely N-dealkylation sites (N-methyl/N-ethyl adjacent to an activating group) is 1. The molecule has 2 aliphatic rings. The van der Waals surface area contributed by atoms with Crippen LogP contribution in [0.3, 0.4) is 0 Å². The average Bonchev–Trinajstić information content (AvgIpc) is 2.69. The fourth-order valence-electron chi connectivity index (χ4n) is 4.67. The molecule has 1 aliphatic carbocycles. The third kappa shape index (κ3) is 2.60. The fourth-order valence-corrected chi connectivity index (χ4v) is 4.67. The minimum Gasteiger partial charge on any atom is -0.315 e. The largest absolute Gasteiger partial charge is 0.315 e. The molecule has 0 bridgehead atoms. The van der Waals surface area contributed by atoms with Crippen LogP contribution >= 0.6 is 0 Å². The van der Waals surface area contributed by atoms with E-state index in [2.05, 4.69) is 45.0 Å². The summed E-state index contributed by atoms with van der Waals surface area (Å²) >= 11 is 0. The number of nitrogens with one attached hydrogen (secondary N) is 1. The summed E-state index contributed by atoms with van der Waals surface area (Å²) in [4.78, 5) is 2.87. The molecule has 1 saturated carbocycles. The molecule has 106 valence electrons. The van der Waals surface area contributed by atoms with Crippen molar-refractivity contribution in [2.24, 2.45) is 11.8 Å². The molecule has 0 radical (unpaired) electrons. The molecule has 0 aromatic rings. The zero-order valence-electron chi connectivity index (χ0n) is 12.9. The van der Waals surface area contributed by atoms with Crippen molar-refractivity contribution >= 4 is 0 Å². The second-order valence-electron chi connectivity index (χ2n) is 6.88. The van der Waals surface area contributed by atoms with Crippen LogP contribution in [0.15, 0.2) is 0 Å². The summed E-state index contributed by atoms with van der Waals surface area (Å²) in [5.41, 5.74) is 0. The summed E-state index contributed by atoms with van der Waals surface area (Å²) in [6.45, 7) is 9.69. The summed E-state index contributed by atoms with van der Waals surface area (Å²) in [6, 6.07) is 3.07. The second kappa shape index (κ2) is 5.92. The topological polar surface area (TPSA) is 15.3 Å². The highest BCUT2D eigenvalue weighted by Gasteiger charge is 2.43. The van der Waals surface area contributed by atoms with Crippen molar-refractivity contribution in [1.82, 2.24) is 10.2 Å². The van der Waals surface area contributed by atoms with E-state index in [1.807, 2.05) is 0 Å². The van der Waals surface area contributed by atoms with Crippen LogP contribution in [0.25, 0.3) is 0 Å². The zero-order chi connectivity index (χ0) is 13.3.